The molecule has 146 valence electrons. The Morgan fingerprint density at radius 3 is 2.48 bits per heavy atom. The van der Waals surface area contributed by atoms with Crippen molar-refractivity contribution < 1.29 is 9.53 Å². The standard InChI is InChI=1S/C22H19N3O2S2/c1-15-5-9-17(10-6-15)25-21(20-4-3-13-28-20)23-24-22(25)29-14-19(26)16-7-11-18(27-2)12-8-16/h3-13H,14H2,1-2H3. The highest BCUT2D eigenvalue weighted by molar-refractivity contribution is 7.99. The van der Waals surface area contributed by atoms with E-state index in [9.17, 15) is 4.79 Å². The van der Waals surface area contributed by atoms with E-state index in [0.29, 0.717) is 10.7 Å². The lowest BCUT2D eigenvalue weighted by atomic mass is 10.1. The normalized spacial score (nSPS) is 10.8. The molecule has 0 aliphatic rings. The van der Waals surface area contributed by atoms with Crippen molar-refractivity contribution in [1.29, 1.82) is 0 Å². The van der Waals surface area contributed by atoms with E-state index in [-0.39, 0.29) is 11.5 Å². The van der Waals surface area contributed by atoms with Crippen molar-refractivity contribution in [1.82, 2.24) is 14.8 Å². The fraction of sp³-hybridized carbons (Fsp3) is 0.136. The third kappa shape index (κ3) is 4.26. The van der Waals surface area contributed by atoms with Crippen LogP contribution in [0.4, 0.5) is 0 Å². The van der Waals surface area contributed by atoms with Crippen molar-refractivity contribution in [3.8, 4) is 22.1 Å². The Morgan fingerprint density at radius 1 is 1.07 bits per heavy atom. The maximum Gasteiger partial charge on any atom is 0.196 e. The lowest BCUT2D eigenvalue weighted by Gasteiger charge is -2.10. The molecule has 0 unspecified atom stereocenters. The number of thiophene rings is 1. The zero-order chi connectivity index (χ0) is 20.2. The van der Waals surface area contributed by atoms with Crippen molar-refractivity contribution >= 4 is 28.9 Å². The number of aryl methyl sites for hydroxylation is 1. The average Bonchev–Trinajstić information content (AvgIpc) is 3.42. The van der Waals surface area contributed by atoms with Gasteiger partial charge in [0.2, 0.25) is 0 Å². The molecule has 0 spiro atoms. The minimum atomic E-state index is 0.0359. The van der Waals surface area contributed by atoms with Crippen LogP contribution in [-0.2, 0) is 0 Å². The second kappa shape index (κ2) is 8.63. The number of benzene rings is 2. The van der Waals surface area contributed by atoms with Gasteiger partial charge >= 0.3 is 0 Å². The molecule has 0 radical (unpaired) electrons. The van der Waals surface area contributed by atoms with Crippen LogP contribution in [0.1, 0.15) is 15.9 Å². The van der Waals surface area contributed by atoms with Gasteiger partial charge in [-0.05, 0) is 54.8 Å². The molecule has 29 heavy (non-hydrogen) atoms. The third-order valence-electron chi connectivity index (χ3n) is 4.41. The molecule has 2 aromatic carbocycles. The number of Topliss-reactive ketones (excluding diaryl/α,β-unsaturated/α-hetero) is 1. The number of ether oxygens (including phenoxy) is 1. The fourth-order valence-corrected chi connectivity index (χ4v) is 4.39. The van der Waals surface area contributed by atoms with Crippen molar-refractivity contribution in [3.63, 3.8) is 0 Å². The molecule has 0 saturated heterocycles. The Kier molecular flexibility index (Phi) is 5.78. The van der Waals surface area contributed by atoms with Crippen LogP contribution in [0.2, 0.25) is 0 Å². The maximum atomic E-state index is 12.6. The van der Waals surface area contributed by atoms with E-state index in [0.717, 1.165) is 22.1 Å². The van der Waals surface area contributed by atoms with E-state index in [1.165, 1.54) is 17.3 Å². The number of hydrogen-bond donors (Lipinski definition) is 0. The molecule has 0 N–H and O–H groups in total. The van der Waals surface area contributed by atoms with Crippen LogP contribution in [0.5, 0.6) is 5.75 Å². The van der Waals surface area contributed by atoms with Gasteiger partial charge in [-0.15, -0.1) is 21.5 Å². The Balaban J connectivity index is 1.61. The van der Waals surface area contributed by atoms with Gasteiger partial charge in [0.25, 0.3) is 0 Å². The second-order valence-corrected chi connectivity index (χ2v) is 8.28. The quantitative estimate of drug-likeness (QED) is 0.300. The molecule has 4 aromatic rings. The molecule has 0 atom stereocenters. The van der Waals surface area contributed by atoms with Gasteiger partial charge in [0.15, 0.2) is 16.8 Å². The minimum Gasteiger partial charge on any atom is -0.497 e. The summed E-state index contributed by atoms with van der Waals surface area (Å²) < 4.78 is 7.16. The number of ketones is 1. The monoisotopic (exact) mass is 421 g/mol. The largest absolute Gasteiger partial charge is 0.497 e. The van der Waals surface area contributed by atoms with Gasteiger partial charge in [0, 0.05) is 11.3 Å². The number of aromatic nitrogens is 3. The number of hydrogen-bond acceptors (Lipinski definition) is 6. The summed E-state index contributed by atoms with van der Waals surface area (Å²) in [7, 11) is 1.61. The lowest BCUT2D eigenvalue weighted by Crippen LogP contribution is -2.05. The van der Waals surface area contributed by atoms with Crippen LogP contribution in [0.25, 0.3) is 16.4 Å². The molecule has 0 aliphatic carbocycles. The zero-order valence-corrected chi connectivity index (χ0v) is 17.7. The average molecular weight is 422 g/mol. The molecule has 0 amide bonds. The van der Waals surface area contributed by atoms with Crippen LogP contribution >= 0.6 is 23.1 Å². The Morgan fingerprint density at radius 2 is 1.83 bits per heavy atom. The first-order chi connectivity index (χ1) is 14.2. The Bertz CT molecular complexity index is 1100. The topological polar surface area (TPSA) is 57.0 Å². The van der Waals surface area contributed by atoms with Crippen molar-refractivity contribution in [2.45, 2.75) is 12.1 Å². The van der Waals surface area contributed by atoms with E-state index in [1.807, 2.05) is 34.2 Å². The van der Waals surface area contributed by atoms with Gasteiger partial charge in [-0.25, -0.2) is 0 Å². The van der Waals surface area contributed by atoms with Gasteiger partial charge in [0.1, 0.15) is 5.75 Å². The Labute approximate surface area is 177 Å². The summed E-state index contributed by atoms with van der Waals surface area (Å²) in [6.45, 7) is 2.05. The molecule has 2 aromatic heterocycles. The number of methoxy groups -OCH3 is 1. The summed E-state index contributed by atoms with van der Waals surface area (Å²) in [6.07, 6.45) is 0. The molecule has 5 nitrogen and oxygen atoms in total. The first kappa shape index (κ1) is 19.4. The van der Waals surface area contributed by atoms with Crippen LogP contribution in [0, 0.1) is 6.92 Å². The summed E-state index contributed by atoms with van der Waals surface area (Å²) in [5, 5.41) is 11.5. The fourth-order valence-electron chi connectivity index (χ4n) is 2.85. The summed E-state index contributed by atoms with van der Waals surface area (Å²) >= 11 is 3.00. The van der Waals surface area contributed by atoms with Gasteiger partial charge in [0.05, 0.1) is 17.7 Å². The first-order valence-corrected chi connectivity index (χ1v) is 10.9. The predicted octanol–water partition coefficient (Wildman–Crippen LogP) is 5.29. The third-order valence-corrected chi connectivity index (χ3v) is 6.21. The molecule has 2 heterocycles. The van der Waals surface area contributed by atoms with Gasteiger partial charge < -0.3 is 4.74 Å². The highest BCUT2D eigenvalue weighted by Gasteiger charge is 2.18. The molecule has 4 rings (SSSR count). The number of carbonyl (C=O) groups is 1. The van der Waals surface area contributed by atoms with Crippen LogP contribution in [0.3, 0.4) is 0 Å². The van der Waals surface area contributed by atoms with Crippen molar-refractivity contribution in [3.05, 3.63) is 77.2 Å². The second-order valence-electron chi connectivity index (χ2n) is 6.39. The number of thioether (sulfide) groups is 1. The van der Waals surface area contributed by atoms with Crippen LogP contribution in [0.15, 0.2) is 71.2 Å². The van der Waals surface area contributed by atoms with Crippen LogP contribution < -0.4 is 4.74 Å². The lowest BCUT2D eigenvalue weighted by molar-refractivity contribution is 0.102. The summed E-state index contributed by atoms with van der Waals surface area (Å²) in [5.74, 6) is 1.83. The maximum absolute atomic E-state index is 12.6. The smallest absolute Gasteiger partial charge is 0.196 e. The number of rotatable bonds is 7. The van der Waals surface area contributed by atoms with E-state index in [2.05, 4.69) is 29.3 Å². The molecule has 0 fully saturated rings. The van der Waals surface area contributed by atoms with Crippen LogP contribution in [-0.4, -0.2) is 33.4 Å². The minimum absolute atomic E-state index is 0.0359. The van der Waals surface area contributed by atoms with Gasteiger partial charge in [-0.2, -0.15) is 0 Å². The predicted molar refractivity (Wildman–Crippen MR) is 117 cm³/mol. The molecule has 7 heteroatoms. The van der Waals surface area contributed by atoms with E-state index < -0.39 is 0 Å². The zero-order valence-electron chi connectivity index (χ0n) is 16.0. The highest BCUT2D eigenvalue weighted by atomic mass is 32.2. The summed E-state index contributed by atoms with van der Waals surface area (Å²) in [6, 6.07) is 19.4. The van der Waals surface area contributed by atoms with Crippen molar-refractivity contribution in [2.75, 3.05) is 12.9 Å². The highest BCUT2D eigenvalue weighted by Crippen LogP contribution is 2.31. The summed E-state index contributed by atoms with van der Waals surface area (Å²) in [4.78, 5) is 13.7. The Hall–Kier alpha value is -2.90. The van der Waals surface area contributed by atoms with Crippen molar-refractivity contribution in [2.24, 2.45) is 0 Å². The molecule has 0 bridgehead atoms. The molecule has 0 aliphatic heterocycles. The van der Waals surface area contributed by atoms with E-state index in [4.69, 9.17) is 4.74 Å². The number of nitrogens with zero attached hydrogens (tertiary/aromatic N) is 3. The SMILES string of the molecule is COc1ccc(C(=O)CSc2nnc(-c3cccs3)n2-c2ccc(C)cc2)cc1. The van der Waals surface area contributed by atoms with Gasteiger partial charge in [-0.1, -0.05) is 35.5 Å². The first-order valence-electron chi connectivity index (χ1n) is 9.02. The molecular formula is C22H19N3O2S2. The summed E-state index contributed by atoms with van der Waals surface area (Å²) in [5.41, 5.74) is 2.81. The molecular weight excluding hydrogens is 402 g/mol. The molecule has 0 saturated carbocycles. The van der Waals surface area contributed by atoms with E-state index in [1.54, 1.807) is 42.7 Å². The number of carbonyl (C=O) groups excluding carboxylic acids is 1. The van der Waals surface area contributed by atoms with Gasteiger partial charge in [-0.3, -0.25) is 9.36 Å². The van der Waals surface area contributed by atoms with E-state index >= 15 is 0 Å².